The first-order chi connectivity index (χ1) is 8.65. The maximum Gasteiger partial charge on any atom is 0.357 e. The number of aromatic carboxylic acids is 1. The van der Waals surface area contributed by atoms with E-state index in [1.807, 2.05) is 42.3 Å². The number of rotatable bonds is 5. The summed E-state index contributed by atoms with van der Waals surface area (Å²) in [6.07, 6.45) is 1.16. The summed E-state index contributed by atoms with van der Waals surface area (Å²) in [4.78, 5) is 16.5. The van der Waals surface area contributed by atoms with Crippen molar-refractivity contribution in [1.82, 2.24) is 9.88 Å². The van der Waals surface area contributed by atoms with Crippen LogP contribution in [0, 0.1) is 0 Å². The van der Waals surface area contributed by atoms with Crippen LogP contribution in [0.5, 0.6) is 0 Å². The minimum atomic E-state index is -1.07. The van der Waals surface area contributed by atoms with Gasteiger partial charge in [0.25, 0.3) is 0 Å². The number of oxazole rings is 1. The van der Waals surface area contributed by atoms with Crippen LogP contribution in [0.15, 0.2) is 41.0 Å². The molecule has 1 aromatic heterocycles. The Labute approximate surface area is 105 Å². The van der Waals surface area contributed by atoms with Gasteiger partial charge in [0.15, 0.2) is 5.69 Å². The molecule has 0 fully saturated rings. The summed E-state index contributed by atoms with van der Waals surface area (Å²) >= 11 is 0. The van der Waals surface area contributed by atoms with Crippen LogP contribution in [0.3, 0.4) is 0 Å². The Balaban J connectivity index is 1.94. The van der Waals surface area contributed by atoms with E-state index in [0.29, 0.717) is 12.4 Å². The van der Waals surface area contributed by atoms with Gasteiger partial charge in [-0.3, -0.25) is 4.90 Å². The molecule has 0 saturated heterocycles. The SMILES string of the molecule is CN(Cc1ccccc1)Cc1nc(C(=O)O)co1. The molecule has 0 aliphatic rings. The summed E-state index contributed by atoms with van der Waals surface area (Å²) in [5.74, 6) is -0.665. The van der Waals surface area contributed by atoms with Crippen molar-refractivity contribution in [3.05, 3.63) is 53.7 Å². The molecule has 0 bridgehead atoms. The molecule has 1 N–H and O–H groups in total. The zero-order valence-corrected chi connectivity index (χ0v) is 10.0. The summed E-state index contributed by atoms with van der Waals surface area (Å²) in [7, 11) is 1.93. The van der Waals surface area contributed by atoms with Gasteiger partial charge >= 0.3 is 5.97 Å². The van der Waals surface area contributed by atoms with E-state index in [2.05, 4.69) is 4.98 Å². The van der Waals surface area contributed by atoms with Crippen LogP contribution in [-0.4, -0.2) is 28.0 Å². The molecular formula is C13H14N2O3. The zero-order valence-electron chi connectivity index (χ0n) is 10.0. The minimum absolute atomic E-state index is 0.0573. The van der Waals surface area contributed by atoms with E-state index in [4.69, 9.17) is 9.52 Å². The Morgan fingerprint density at radius 3 is 2.67 bits per heavy atom. The van der Waals surface area contributed by atoms with Gasteiger partial charge in [0.2, 0.25) is 5.89 Å². The van der Waals surface area contributed by atoms with E-state index in [0.717, 1.165) is 12.8 Å². The molecule has 18 heavy (non-hydrogen) atoms. The van der Waals surface area contributed by atoms with Crippen molar-refractivity contribution in [1.29, 1.82) is 0 Å². The molecule has 2 aromatic rings. The molecule has 1 aromatic carbocycles. The van der Waals surface area contributed by atoms with E-state index >= 15 is 0 Å². The van der Waals surface area contributed by atoms with E-state index in [-0.39, 0.29) is 5.69 Å². The number of carboxylic acids is 1. The topological polar surface area (TPSA) is 66.6 Å². The lowest BCUT2D eigenvalue weighted by molar-refractivity contribution is 0.0690. The molecule has 0 saturated carbocycles. The van der Waals surface area contributed by atoms with Gasteiger partial charge in [-0.2, -0.15) is 0 Å². The van der Waals surface area contributed by atoms with Crippen LogP contribution in [0.4, 0.5) is 0 Å². The highest BCUT2D eigenvalue weighted by Crippen LogP contribution is 2.08. The summed E-state index contributed by atoms with van der Waals surface area (Å²) < 4.78 is 5.10. The normalized spacial score (nSPS) is 10.8. The van der Waals surface area contributed by atoms with Crippen molar-refractivity contribution in [2.45, 2.75) is 13.1 Å². The van der Waals surface area contributed by atoms with Crippen molar-refractivity contribution in [3.8, 4) is 0 Å². The fourth-order valence-corrected chi connectivity index (χ4v) is 1.66. The van der Waals surface area contributed by atoms with Gasteiger partial charge in [-0.25, -0.2) is 9.78 Å². The number of carbonyl (C=O) groups is 1. The van der Waals surface area contributed by atoms with Crippen molar-refractivity contribution in [3.63, 3.8) is 0 Å². The second kappa shape index (κ2) is 5.46. The van der Waals surface area contributed by atoms with Crippen LogP contribution in [0.25, 0.3) is 0 Å². The number of nitrogens with zero attached hydrogens (tertiary/aromatic N) is 2. The third-order valence-electron chi connectivity index (χ3n) is 2.47. The first-order valence-electron chi connectivity index (χ1n) is 5.55. The highest BCUT2D eigenvalue weighted by molar-refractivity contribution is 5.84. The Morgan fingerprint density at radius 1 is 1.33 bits per heavy atom. The number of hydrogen-bond donors (Lipinski definition) is 1. The summed E-state index contributed by atoms with van der Waals surface area (Å²) in [5, 5.41) is 8.73. The molecule has 0 amide bonds. The predicted molar refractivity (Wildman–Crippen MR) is 65.1 cm³/mol. The van der Waals surface area contributed by atoms with Crippen LogP contribution in [0.1, 0.15) is 21.9 Å². The number of benzene rings is 1. The fourth-order valence-electron chi connectivity index (χ4n) is 1.66. The Bertz CT molecular complexity index is 522. The smallest absolute Gasteiger partial charge is 0.357 e. The van der Waals surface area contributed by atoms with Gasteiger partial charge in [0.1, 0.15) is 6.26 Å². The molecule has 0 spiro atoms. The predicted octanol–water partition coefficient (Wildman–Crippen LogP) is 2.00. The van der Waals surface area contributed by atoms with Crippen molar-refractivity contribution >= 4 is 5.97 Å². The van der Waals surface area contributed by atoms with Crippen LogP contribution in [0.2, 0.25) is 0 Å². The zero-order chi connectivity index (χ0) is 13.0. The van der Waals surface area contributed by atoms with Gasteiger partial charge in [-0.15, -0.1) is 0 Å². The third kappa shape index (κ3) is 3.18. The van der Waals surface area contributed by atoms with Crippen molar-refractivity contribution < 1.29 is 14.3 Å². The first kappa shape index (κ1) is 12.3. The maximum atomic E-state index is 10.7. The Hall–Kier alpha value is -2.14. The Kier molecular flexibility index (Phi) is 3.74. The molecule has 0 atom stereocenters. The van der Waals surface area contributed by atoms with Gasteiger partial charge in [0.05, 0.1) is 6.54 Å². The first-order valence-corrected chi connectivity index (χ1v) is 5.55. The van der Waals surface area contributed by atoms with Gasteiger partial charge in [-0.1, -0.05) is 30.3 Å². The van der Waals surface area contributed by atoms with Crippen LogP contribution < -0.4 is 0 Å². The minimum Gasteiger partial charge on any atom is -0.476 e. The molecule has 5 heteroatoms. The summed E-state index contributed by atoms with van der Waals surface area (Å²) in [6.45, 7) is 1.23. The van der Waals surface area contributed by atoms with E-state index in [1.165, 1.54) is 5.56 Å². The second-order valence-electron chi connectivity index (χ2n) is 4.09. The van der Waals surface area contributed by atoms with Crippen LogP contribution in [-0.2, 0) is 13.1 Å². The van der Waals surface area contributed by atoms with E-state index < -0.39 is 5.97 Å². The molecule has 5 nitrogen and oxygen atoms in total. The largest absolute Gasteiger partial charge is 0.476 e. The molecule has 2 rings (SSSR count). The summed E-state index contributed by atoms with van der Waals surface area (Å²) in [6, 6.07) is 10.0. The number of aromatic nitrogens is 1. The standard InChI is InChI=1S/C13H14N2O3/c1-15(7-10-5-3-2-4-6-10)8-12-14-11(9-18-12)13(16)17/h2-6,9H,7-8H2,1H3,(H,16,17). The van der Waals surface area contributed by atoms with Crippen molar-refractivity contribution in [2.75, 3.05) is 7.05 Å². The highest BCUT2D eigenvalue weighted by Gasteiger charge is 2.11. The average Bonchev–Trinajstić information content (AvgIpc) is 2.78. The Morgan fingerprint density at radius 2 is 2.06 bits per heavy atom. The van der Waals surface area contributed by atoms with E-state index in [9.17, 15) is 4.79 Å². The van der Waals surface area contributed by atoms with E-state index in [1.54, 1.807) is 0 Å². The quantitative estimate of drug-likeness (QED) is 0.874. The molecular weight excluding hydrogens is 232 g/mol. The molecule has 0 unspecified atom stereocenters. The molecule has 0 radical (unpaired) electrons. The fraction of sp³-hybridized carbons (Fsp3) is 0.231. The summed E-state index contributed by atoms with van der Waals surface area (Å²) in [5.41, 5.74) is 1.13. The molecule has 1 heterocycles. The lowest BCUT2D eigenvalue weighted by Gasteiger charge is -2.14. The molecule has 94 valence electrons. The van der Waals surface area contributed by atoms with Gasteiger partial charge in [0, 0.05) is 6.54 Å². The lowest BCUT2D eigenvalue weighted by atomic mass is 10.2. The molecule has 0 aliphatic heterocycles. The van der Waals surface area contributed by atoms with Crippen molar-refractivity contribution in [2.24, 2.45) is 0 Å². The monoisotopic (exact) mass is 246 g/mol. The lowest BCUT2D eigenvalue weighted by Crippen LogP contribution is -2.17. The maximum absolute atomic E-state index is 10.7. The molecule has 0 aliphatic carbocycles. The van der Waals surface area contributed by atoms with Crippen LogP contribution >= 0.6 is 0 Å². The van der Waals surface area contributed by atoms with Gasteiger partial charge < -0.3 is 9.52 Å². The average molecular weight is 246 g/mol. The van der Waals surface area contributed by atoms with Gasteiger partial charge in [-0.05, 0) is 12.6 Å². The number of carboxylic acid groups (broad SMARTS) is 1. The number of hydrogen-bond acceptors (Lipinski definition) is 4. The second-order valence-corrected chi connectivity index (χ2v) is 4.09. The highest BCUT2D eigenvalue weighted by atomic mass is 16.4. The third-order valence-corrected chi connectivity index (χ3v) is 2.47.